The lowest BCUT2D eigenvalue weighted by Gasteiger charge is -2.18. The molecule has 0 unspecified atom stereocenters. The van der Waals surface area contributed by atoms with Gasteiger partial charge in [-0.1, -0.05) is 26.8 Å². The molecule has 0 spiro atoms. The number of aromatic amines is 1. The van der Waals surface area contributed by atoms with E-state index in [0.29, 0.717) is 17.1 Å². The van der Waals surface area contributed by atoms with Gasteiger partial charge in [-0.2, -0.15) is 5.10 Å². The second-order valence-corrected chi connectivity index (χ2v) is 7.16. The van der Waals surface area contributed by atoms with E-state index in [-0.39, 0.29) is 17.5 Å². The van der Waals surface area contributed by atoms with E-state index in [9.17, 15) is 14.7 Å². The van der Waals surface area contributed by atoms with E-state index in [0.717, 1.165) is 5.69 Å². The van der Waals surface area contributed by atoms with Crippen molar-refractivity contribution < 1.29 is 24.2 Å². The molecule has 0 aliphatic carbocycles. The highest BCUT2D eigenvalue weighted by atomic mass is 16.5. The Morgan fingerprint density at radius 1 is 1.19 bits per heavy atom. The fraction of sp³-hybridized carbons (Fsp3) is 0.421. The van der Waals surface area contributed by atoms with Crippen molar-refractivity contribution in [3.8, 4) is 11.5 Å². The van der Waals surface area contributed by atoms with Gasteiger partial charge in [-0.15, -0.1) is 0 Å². The summed E-state index contributed by atoms with van der Waals surface area (Å²) >= 11 is 0. The molecule has 3 N–H and O–H groups in total. The first-order valence-electron chi connectivity index (χ1n) is 8.46. The summed E-state index contributed by atoms with van der Waals surface area (Å²) in [4.78, 5) is 23.9. The molecule has 1 amide bonds. The van der Waals surface area contributed by atoms with Gasteiger partial charge in [-0.3, -0.25) is 14.7 Å². The molecule has 1 heterocycles. The zero-order chi connectivity index (χ0) is 20.2. The quantitative estimate of drug-likeness (QED) is 0.686. The van der Waals surface area contributed by atoms with Crippen LogP contribution in [0, 0.1) is 0 Å². The van der Waals surface area contributed by atoms with Gasteiger partial charge in [0.25, 0.3) is 5.91 Å². The van der Waals surface area contributed by atoms with Gasteiger partial charge in [-0.25, -0.2) is 0 Å². The van der Waals surface area contributed by atoms with Crippen molar-refractivity contribution in [2.75, 3.05) is 14.2 Å². The van der Waals surface area contributed by atoms with Gasteiger partial charge in [0.2, 0.25) is 0 Å². The normalized spacial score (nSPS) is 12.3. The monoisotopic (exact) mass is 375 g/mol. The maximum atomic E-state index is 12.6. The summed E-state index contributed by atoms with van der Waals surface area (Å²) in [6.07, 6.45) is -0.280. The fourth-order valence-corrected chi connectivity index (χ4v) is 2.55. The van der Waals surface area contributed by atoms with Crippen LogP contribution in [0.15, 0.2) is 24.3 Å². The Bertz CT molecular complexity index is 823. The third kappa shape index (κ3) is 4.99. The number of nitrogens with one attached hydrogen (secondary N) is 2. The van der Waals surface area contributed by atoms with E-state index in [1.807, 2.05) is 20.8 Å². The van der Waals surface area contributed by atoms with Gasteiger partial charge in [0.05, 0.1) is 26.7 Å². The molecule has 0 bridgehead atoms. The van der Waals surface area contributed by atoms with E-state index >= 15 is 0 Å². The van der Waals surface area contributed by atoms with Gasteiger partial charge >= 0.3 is 5.97 Å². The molecular weight excluding hydrogens is 350 g/mol. The van der Waals surface area contributed by atoms with Gasteiger partial charge in [0.1, 0.15) is 5.69 Å². The number of H-pyrrole nitrogens is 1. The van der Waals surface area contributed by atoms with Crippen molar-refractivity contribution >= 4 is 11.9 Å². The van der Waals surface area contributed by atoms with Crippen molar-refractivity contribution in [1.29, 1.82) is 0 Å². The standard InChI is InChI=1S/C19H25N3O5/c1-19(2,3)16-9-13(21-22-16)18(25)20-12(10-17(23)24)11-6-7-14(26-4)15(8-11)27-5/h6-9,12H,10H2,1-5H3,(H,20,25)(H,21,22)(H,23,24)/t12-/m0/s1. The van der Waals surface area contributed by atoms with E-state index in [1.54, 1.807) is 24.3 Å². The summed E-state index contributed by atoms with van der Waals surface area (Å²) in [5, 5.41) is 18.9. The van der Waals surface area contributed by atoms with Crippen LogP contribution in [0.4, 0.5) is 0 Å². The van der Waals surface area contributed by atoms with E-state index < -0.39 is 17.9 Å². The lowest BCUT2D eigenvalue weighted by molar-refractivity contribution is -0.137. The molecular formula is C19H25N3O5. The highest BCUT2D eigenvalue weighted by molar-refractivity contribution is 5.93. The molecule has 0 aliphatic rings. The number of methoxy groups -OCH3 is 2. The number of aliphatic carboxylic acids is 1. The third-order valence-corrected chi connectivity index (χ3v) is 4.11. The summed E-state index contributed by atoms with van der Waals surface area (Å²) in [6.45, 7) is 6.00. The molecule has 0 saturated heterocycles. The van der Waals surface area contributed by atoms with E-state index in [2.05, 4.69) is 15.5 Å². The Morgan fingerprint density at radius 3 is 2.37 bits per heavy atom. The van der Waals surface area contributed by atoms with Gasteiger partial charge in [0.15, 0.2) is 11.5 Å². The highest BCUT2D eigenvalue weighted by Crippen LogP contribution is 2.31. The number of hydrogen-bond donors (Lipinski definition) is 3. The fourth-order valence-electron chi connectivity index (χ4n) is 2.55. The second kappa shape index (κ2) is 8.11. The van der Waals surface area contributed by atoms with E-state index in [1.165, 1.54) is 14.2 Å². The van der Waals surface area contributed by atoms with Crippen molar-refractivity contribution in [3.05, 3.63) is 41.2 Å². The Balaban J connectivity index is 2.28. The molecule has 0 fully saturated rings. The molecule has 0 saturated carbocycles. The maximum Gasteiger partial charge on any atom is 0.305 e. The Morgan fingerprint density at radius 2 is 1.85 bits per heavy atom. The third-order valence-electron chi connectivity index (χ3n) is 4.11. The lowest BCUT2D eigenvalue weighted by Crippen LogP contribution is -2.30. The number of amides is 1. The molecule has 1 aromatic heterocycles. The van der Waals surface area contributed by atoms with Crippen LogP contribution in [0.1, 0.15) is 55.0 Å². The summed E-state index contributed by atoms with van der Waals surface area (Å²) in [5.74, 6) is -0.520. The van der Waals surface area contributed by atoms with E-state index in [4.69, 9.17) is 9.47 Å². The predicted octanol–water partition coefficient (Wildman–Crippen LogP) is 2.67. The molecule has 146 valence electrons. The molecule has 2 aromatic rings. The minimum absolute atomic E-state index is 0.185. The molecule has 1 aromatic carbocycles. The average Bonchev–Trinajstić information content (AvgIpc) is 3.10. The first kappa shape index (κ1) is 20.3. The smallest absolute Gasteiger partial charge is 0.305 e. The number of benzene rings is 1. The minimum atomic E-state index is -1.03. The Kier molecular flexibility index (Phi) is 6.09. The molecule has 1 atom stereocenters. The van der Waals surface area contributed by atoms with Crippen LogP contribution in [0.5, 0.6) is 11.5 Å². The first-order chi connectivity index (χ1) is 12.7. The van der Waals surface area contributed by atoms with Gasteiger partial charge < -0.3 is 19.9 Å². The number of nitrogens with zero attached hydrogens (tertiary/aromatic N) is 1. The van der Waals surface area contributed by atoms with Crippen molar-refractivity contribution in [1.82, 2.24) is 15.5 Å². The first-order valence-corrected chi connectivity index (χ1v) is 8.46. The Hall–Kier alpha value is -3.03. The molecule has 27 heavy (non-hydrogen) atoms. The van der Waals surface area contributed by atoms with Crippen LogP contribution in [0.25, 0.3) is 0 Å². The number of ether oxygens (including phenoxy) is 2. The van der Waals surface area contributed by atoms with Gasteiger partial charge in [0, 0.05) is 11.1 Å². The highest BCUT2D eigenvalue weighted by Gasteiger charge is 2.24. The van der Waals surface area contributed by atoms with Crippen LogP contribution >= 0.6 is 0 Å². The van der Waals surface area contributed by atoms with Crippen molar-refractivity contribution in [2.45, 2.75) is 38.6 Å². The molecule has 2 rings (SSSR count). The van der Waals surface area contributed by atoms with Crippen molar-refractivity contribution in [3.63, 3.8) is 0 Å². The lowest BCUT2D eigenvalue weighted by atomic mass is 9.92. The number of carboxylic acids is 1. The zero-order valence-corrected chi connectivity index (χ0v) is 16.1. The SMILES string of the molecule is COc1ccc([C@H](CC(=O)O)NC(=O)c2cc(C(C)(C)C)[nH]n2)cc1OC. The summed E-state index contributed by atoms with van der Waals surface area (Å²) in [7, 11) is 3.00. The van der Waals surface area contributed by atoms with Crippen LogP contribution in [-0.4, -0.2) is 41.4 Å². The predicted molar refractivity (Wildman–Crippen MR) is 99.3 cm³/mol. The van der Waals surface area contributed by atoms with Crippen LogP contribution < -0.4 is 14.8 Å². The molecule has 0 radical (unpaired) electrons. The van der Waals surface area contributed by atoms with Crippen LogP contribution in [0.3, 0.4) is 0 Å². The number of hydrogen-bond acceptors (Lipinski definition) is 5. The summed E-state index contributed by atoms with van der Waals surface area (Å²) in [6, 6.07) is 5.94. The number of carboxylic acid groups (broad SMARTS) is 1. The molecule has 8 heteroatoms. The molecule has 0 aliphatic heterocycles. The van der Waals surface area contributed by atoms with Gasteiger partial charge in [-0.05, 0) is 23.8 Å². The summed E-state index contributed by atoms with van der Waals surface area (Å²) in [5.41, 5.74) is 1.43. The van der Waals surface area contributed by atoms with Crippen LogP contribution in [-0.2, 0) is 10.2 Å². The summed E-state index contributed by atoms with van der Waals surface area (Å²) < 4.78 is 10.5. The van der Waals surface area contributed by atoms with Crippen molar-refractivity contribution in [2.24, 2.45) is 0 Å². The molecule has 8 nitrogen and oxygen atoms in total. The number of rotatable bonds is 7. The van der Waals surface area contributed by atoms with Crippen LogP contribution in [0.2, 0.25) is 0 Å². The Labute approximate surface area is 157 Å². The second-order valence-electron chi connectivity index (χ2n) is 7.16. The minimum Gasteiger partial charge on any atom is -0.493 e. The topological polar surface area (TPSA) is 114 Å². The zero-order valence-electron chi connectivity index (χ0n) is 16.1. The maximum absolute atomic E-state index is 12.6. The number of carbonyl (C=O) groups excluding carboxylic acids is 1. The number of carbonyl (C=O) groups is 2. The number of aromatic nitrogens is 2. The average molecular weight is 375 g/mol. The largest absolute Gasteiger partial charge is 0.493 e.